The van der Waals surface area contributed by atoms with Crippen molar-refractivity contribution in [3.63, 3.8) is 0 Å². The first-order chi connectivity index (χ1) is 45.0. The Bertz CT molecular complexity index is 2160. The van der Waals surface area contributed by atoms with Crippen LogP contribution in [0.1, 0.15) is 284 Å². The second-order valence-electron chi connectivity index (χ2n) is 25.2. The number of phosphoric acid groups is 1. The number of allylic oxidation sites excluding steroid dienone is 28. The van der Waals surface area contributed by atoms with E-state index in [-0.39, 0.29) is 32.0 Å². The van der Waals surface area contributed by atoms with E-state index >= 15 is 0 Å². The number of carbonyl (C=O) groups is 2. The Kier molecular flexibility index (Phi) is 67.1. The first-order valence-corrected chi connectivity index (χ1v) is 38.4. The van der Waals surface area contributed by atoms with Crippen molar-refractivity contribution in [2.45, 2.75) is 290 Å². The molecule has 0 rings (SSSR count). The van der Waals surface area contributed by atoms with Crippen molar-refractivity contribution in [1.82, 2.24) is 0 Å². The quantitative estimate of drug-likeness (QED) is 0.0211. The van der Waals surface area contributed by atoms with Crippen LogP contribution in [-0.4, -0.2) is 74.9 Å². The van der Waals surface area contributed by atoms with E-state index in [0.717, 1.165) is 122 Å². The summed E-state index contributed by atoms with van der Waals surface area (Å²) in [4.78, 5) is 35.9. The third-order valence-corrected chi connectivity index (χ3v) is 16.2. The van der Waals surface area contributed by atoms with Crippen molar-refractivity contribution in [3.8, 4) is 0 Å². The lowest BCUT2D eigenvalue weighted by molar-refractivity contribution is -0.870. The second-order valence-corrected chi connectivity index (χ2v) is 26.7. The van der Waals surface area contributed by atoms with Gasteiger partial charge in [0, 0.05) is 12.8 Å². The number of quaternary nitrogens is 1. The van der Waals surface area contributed by atoms with Crippen LogP contribution in [0.5, 0.6) is 0 Å². The molecule has 0 amide bonds. The average Bonchev–Trinajstić information content (AvgIpc) is 2.14. The van der Waals surface area contributed by atoms with Gasteiger partial charge in [-0.1, -0.05) is 312 Å². The highest BCUT2D eigenvalue weighted by Crippen LogP contribution is 2.43. The van der Waals surface area contributed by atoms with Crippen molar-refractivity contribution in [1.29, 1.82) is 0 Å². The van der Waals surface area contributed by atoms with Crippen molar-refractivity contribution < 1.29 is 42.1 Å². The number of phosphoric ester groups is 1. The van der Waals surface area contributed by atoms with E-state index in [1.165, 1.54) is 128 Å². The van der Waals surface area contributed by atoms with Gasteiger partial charge in [0.15, 0.2) is 6.10 Å². The Morgan fingerprint density at radius 3 is 0.891 bits per heavy atom. The molecule has 0 radical (unpaired) electrons. The molecule has 0 aliphatic carbocycles. The lowest BCUT2D eigenvalue weighted by Gasteiger charge is -2.24. The average molecular weight is 1300 g/mol. The van der Waals surface area contributed by atoms with Gasteiger partial charge in [-0.15, -0.1) is 0 Å². The van der Waals surface area contributed by atoms with Gasteiger partial charge in [0.2, 0.25) is 0 Å². The Morgan fingerprint density at radius 2 is 0.587 bits per heavy atom. The molecule has 0 saturated heterocycles. The number of likely N-dealkylation sites (N-methyl/N-ethyl adjacent to an activating group) is 1. The maximum atomic E-state index is 12.9. The summed E-state index contributed by atoms with van der Waals surface area (Å²) in [6, 6.07) is 0. The summed E-state index contributed by atoms with van der Waals surface area (Å²) >= 11 is 0. The third kappa shape index (κ3) is 74.4. The fourth-order valence-corrected chi connectivity index (χ4v) is 10.4. The molecule has 92 heavy (non-hydrogen) atoms. The van der Waals surface area contributed by atoms with E-state index in [4.69, 9.17) is 18.5 Å². The molecule has 0 aliphatic heterocycles. The summed E-state index contributed by atoms with van der Waals surface area (Å²) < 4.78 is 34.7. The van der Waals surface area contributed by atoms with E-state index in [1.54, 1.807) is 0 Å². The molecular formula is C82H137NO8P+. The highest BCUT2D eigenvalue weighted by atomic mass is 31.2. The minimum atomic E-state index is -4.42. The monoisotopic (exact) mass is 1300 g/mol. The smallest absolute Gasteiger partial charge is 0.462 e. The molecule has 0 aliphatic rings. The number of rotatable bonds is 66. The van der Waals surface area contributed by atoms with Crippen LogP contribution in [0.4, 0.5) is 0 Å². The fourth-order valence-electron chi connectivity index (χ4n) is 9.68. The minimum absolute atomic E-state index is 0.0159. The molecule has 522 valence electrons. The molecule has 0 heterocycles. The normalized spacial score (nSPS) is 14.1. The lowest BCUT2D eigenvalue weighted by Crippen LogP contribution is -2.37. The van der Waals surface area contributed by atoms with Gasteiger partial charge >= 0.3 is 19.8 Å². The topological polar surface area (TPSA) is 108 Å². The van der Waals surface area contributed by atoms with Crippen LogP contribution in [0.2, 0.25) is 0 Å². The van der Waals surface area contributed by atoms with Gasteiger partial charge in [-0.3, -0.25) is 18.6 Å². The van der Waals surface area contributed by atoms with Crippen molar-refractivity contribution in [3.05, 3.63) is 170 Å². The SMILES string of the molecule is CC/C=C\C/C=C\C/C=C\C/C=C\C/C=C\C/C=C\C/C=C\C/C=C\CCCCC(=O)OC(COC(=O)CCCCCCCCCCCCCCCCCCCCCCCC/C=C\C/C=C\C/C=C\C/C=C\C/C=C\C/C=C\CC)COP(=O)(O)OCC[N+](C)(C)C. The van der Waals surface area contributed by atoms with Crippen LogP contribution < -0.4 is 0 Å². The number of nitrogens with zero attached hydrogens (tertiary/aromatic N) is 1. The Balaban J connectivity index is 4.05. The molecule has 0 aromatic rings. The van der Waals surface area contributed by atoms with Crippen LogP contribution in [0.15, 0.2) is 170 Å². The number of carbonyl (C=O) groups excluding carboxylic acids is 2. The number of hydrogen-bond donors (Lipinski definition) is 1. The zero-order chi connectivity index (χ0) is 66.9. The minimum Gasteiger partial charge on any atom is -0.462 e. The van der Waals surface area contributed by atoms with E-state index in [9.17, 15) is 19.0 Å². The summed E-state index contributed by atoms with van der Waals surface area (Å²) in [6.07, 6.45) is 108. The maximum Gasteiger partial charge on any atom is 0.472 e. The lowest BCUT2D eigenvalue weighted by atomic mass is 10.0. The van der Waals surface area contributed by atoms with Crippen molar-refractivity contribution >= 4 is 19.8 Å². The van der Waals surface area contributed by atoms with Crippen LogP contribution in [0, 0.1) is 0 Å². The molecule has 0 saturated carbocycles. The van der Waals surface area contributed by atoms with Gasteiger partial charge in [0.25, 0.3) is 0 Å². The molecule has 0 fully saturated rings. The van der Waals surface area contributed by atoms with Gasteiger partial charge in [0.05, 0.1) is 27.7 Å². The van der Waals surface area contributed by atoms with E-state index < -0.39 is 26.5 Å². The van der Waals surface area contributed by atoms with Crippen LogP contribution >= 0.6 is 7.82 Å². The van der Waals surface area contributed by atoms with E-state index in [0.29, 0.717) is 17.4 Å². The number of unbranched alkanes of at least 4 members (excludes halogenated alkanes) is 24. The Hall–Kier alpha value is -4.63. The number of hydrogen-bond acceptors (Lipinski definition) is 7. The molecule has 9 nitrogen and oxygen atoms in total. The van der Waals surface area contributed by atoms with Crippen molar-refractivity contribution in [2.24, 2.45) is 0 Å². The van der Waals surface area contributed by atoms with Gasteiger partial charge in [-0.05, 0) is 128 Å². The summed E-state index contributed by atoms with van der Waals surface area (Å²) in [5.41, 5.74) is 0. The molecule has 2 atom stereocenters. The highest BCUT2D eigenvalue weighted by molar-refractivity contribution is 7.47. The molecule has 0 bridgehead atoms. The highest BCUT2D eigenvalue weighted by Gasteiger charge is 2.27. The molecule has 10 heteroatoms. The predicted molar refractivity (Wildman–Crippen MR) is 399 cm³/mol. The summed E-state index contributed by atoms with van der Waals surface area (Å²) in [5.74, 6) is -0.851. The number of esters is 2. The van der Waals surface area contributed by atoms with Crippen LogP contribution in [0.25, 0.3) is 0 Å². The van der Waals surface area contributed by atoms with Gasteiger partial charge < -0.3 is 18.9 Å². The largest absolute Gasteiger partial charge is 0.472 e. The molecule has 0 spiro atoms. The van der Waals surface area contributed by atoms with Gasteiger partial charge in [0.1, 0.15) is 19.8 Å². The van der Waals surface area contributed by atoms with Gasteiger partial charge in [-0.2, -0.15) is 0 Å². The predicted octanol–water partition coefficient (Wildman–Crippen LogP) is 24.5. The Labute approximate surface area is 566 Å². The summed E-state index contributed by atoms with van der Waals surface area (Å²) in [5, 5.41) is 0. The maximum absolute atomic E-state index is 12.9. The molecule has 0 aromatic carbocycles. The fraction of sp³-hybridized carbons (Fsp3) is 0.634. The van der Waals surface area contributed by atoms with Gasteiger partial charge in [-0.25, -0.2) is 4.57 Å². The van der Waals surface area contributed by atoms with Crippen LogP contribution in [0.3, 0.4) is 0 Å². The van der Waals surface area contributed by atoms with Crippen molar-refractivity contribution in [2.75, 3.05) is 47.5 Å². The first-order valence-electron chi connectivity index (χ1n) is 36.9. The molecule has 1 N–H and O–H groups in total. The zero-order valence-electron chi connectivity index (χ0n) is 59.5. The van der Waals surface area contributed by atoms with E-state index in [1.807, 2.05) is 21.1 Å². The number of ether oxygens (including phenoxy) is 2. The first kappa shape index (κ1) is 87.4. The molecule has 2 unspecified atom stereocenters. The van der Waals surface area contributed by atoms with Crippen LogP contribution in [-0.2, 0) is 32.7 Å². The molecule has 0 aromatic heterocycles. The molecular weight excluding hydrogens is 1160 g/mol. The standard InChI is InChI=1S/C82H136NO8P/c1-6-8-10-12-14-16-18-20-22-24-26-28-30-32-34-35-36-37-38-39-40-41-42-43-44-45-46-47-49-50-52-54-56-58-60-62-64-66-68-70-72-74-81(84)88-78-80(79-90-92(86,87)89-77-76-83(3,4)5)91-82(85)75-73-71-69-67-65-63-61-59-57-55-53-51-48-33-31-29-27-25-23-21-19-17-15-13-11-9-7-2/h8-11,14-17,20-23,26-29,32-34,36-37,48,53,55,59,61,65,67,80H,6-7,12-13,18-19,24-25,30-31,35,38-47,49-52,54,56-58,60,62-64,66,68-79H2,1-5H3/p+1/b10-8-,11-9-,16-14-,17-15-,22-20-,23-21-,28-26-,29-27-,34-32-,37-36-,48-33-,55-53-,61-59-,67-65-. The summed E-state index contributed by atoms with van der Waals surface area (Å²) in [7, 11) is 1.43. The Morgan fingerprint density at radius 1 is 0.337 bits per heavy atom. The summed E-state index contributed by atoms with van der Waals surface area (Å²) in [6.45, 7) is 4.15. The second kappa shape index (κ2) is 70.7. The zero-order valence-corrected chi connectivity index (χ0v) is 60.4. The van der Waals surface area contributed by atoms with E-state index in [2.05, 4.69) is 184 Å². The third-order valence-electron chi connectivity index (χ3n) is 15.2.